The summed E-state index contributed by atoms with van der Waals surface area (Å²) in [4.78, 5) is 26.0. The highest BCUT2D eigenvalue weighted by atomic mass is 19.1. The molecule has 7 heteroatoms. The van der Waals surface area contributed by atoms with Gasteiger partial charge in [0.2, 0.25) is 0 Å². The minimum Gasteiger partial charge on any atom is -0.350 e. The second-order valence-corrected chi connectivity index (χ2v) is 6.86. The Morgan fingerprint density at radius 1 is 0.903 bits per heavy atom. The molecule has 5 nitrogen and oxygen atoms in total. The first-order valence-corrected chi connectivity index (χ1v) is 9.46. The van der Waals surface area contributed by atoms with Gasteiger partial charge < -0.3 is 5.32 Å². The van der Waals surface area contributed by atoms with E-state index < -0.39 is 23.0 Å². The molecule has 0 bridgehead atoms. The summed E-state index contributed by atoms with van der Waals surface area (Å²) in [5.41, 5.74) is 0.668. The molecule has 0 unspecified atom stereocenters. The van der Waals surface area contributed by atoms with Crippen LogP contribution in [0, 0.1) is 11.6 Å². The van der Waals surface area contributed by atoms with E-state index in [1.165, 1.54) is 6.92 Å². The first-order chi connectivity index (χ1) is 14.9. The number of halogens is 2. The Bertz CT molecular complexity index is 1300. The van der Waals surface area contributed by atoms with Crippen LogP contribution < -0.4 is 10.9 Å². The summed E-state index contributed by atoms with van der Waals surface area (Å²) in [6, 6.07) is 20.4. The Hall–Kier alpha value is -4.13. The monoisotopic (exact) mass is 417 g/mol. The van der Waals surface area contributed by atoms with Gasteiger partial charge in [-0.2, -0.15) is 9.78 Å². The normalized spacial score (nSPS) is 10.7. The Kier molecular flexibility index (Phi) is 5.41. The van der Waals surface area contributed by atoms with Crippen LogP contribution in [0.1, 0.15) is 17.3 Å². The molecule has 31 heavy (non-hydrogen) atoms. The molecular weight excluding hydrogens is 400 g/mol. The van der Waals surface area contributed by atoms with Crippen molar-refractivity contribution in [3.63, 3.8) is 0 Å². The molecule has 0 saturated heterocycles. The van der Waals surface area contributed by atoms with Crippen molar-refractivity contribution >= 4 is 17.2 Å². The van der Waals surface area contributed by atoms with Crippen molar-refractivity contribution in [2.24, 2.45) is 0 Å². The topological polar surface area (TPSA) is 64.0 Å². The van der Waals surface area contributed by atoms with Crippen LogP contribution in [0.15, 0.2) is 83.7 Å². The Balaban J connectivity index is 2.03. The fourth-order valence-electron chi connectivity index (χ4n) is 3.30. The number of rotatable bonds is 5. The highest BCUT2D eigenvalue weighted by molar-refractivity contribution is 6.05. The first kappa shape index (κ1) is 20.2. The van der Waals surface area contributed by atoms with Crippen molar-refractivity contribution in [1.82, 2.24) is 9.78 Å². The van der Waals surface area contributed by atoms with E-state index in [-0.39, 0.29) is 22.6 Å². The molecule has 0 spiro atoms. The second kappa shape index (κ2) is 8.31. The highest BCUT2D eigenvalue weighted by Crippen LogP contribution is 2.28. The lowest BCUT2D eigenvalue weighted by atomic mass is 10.0. The van der Waals surface area contributed by atoms with E-state index in [2.05, 4.69) is 10.4 Å². The summed E-state index contributed by atoms with van der Waals surface area (Å²) >= 11 is 0. The SMILES string of the molecule is CC(=O)c1c(-c2ccccc2)nn(-c2ccccc2)c(=O)c1Nc1cc(F)cc(F)c1. The quantitative estimate of drug-likeness (QED) is 0.458. The number of benzene rings is 3. The summed E-state index contributed by atoms with van der Waals surface area (Å²) in [5.74, 6) is -2.04. The van der Waals surface area contributed by atoms with Crippen LogP contribution in [0.3, 0.4) is 0 Å². The zero-order chi connectivity index (χ0) is 22.0. The van der Waals surface area contributed by atoms with Crippen LogP contribution >= 0.6 is 0 Å². The molecule has 0 amide bonds. The largest absolute Gasteiger partial charge is 0.350 e. The molecule has 1 heterocycles. The van der Waals surface area contributed by atoms with Crippen molar-refractivity contribution in [3.8, 4) is 16.9 Å². The van der Waals surface area contributed by atoms with Gasteiger partial charge in [0.1, 0.15) is 23.0 Å². The number of carbonyl (C=O) groups excluding carboxylic acids is 1. The number of Topliss-reactive ketones (excluding diaryl/α,β-unsaturated/α-hetero) is 1. The molecule has 4 aromatic rings. The number of para-hydroxylation sites is 1. The van der Waals surface area contributed by atoms with E-state index in [9.17, 15) is 18.4 Å². The van der Waals surface area contributed by atoms with Gasteiger partial charge >= 0.3 is 0 Å². The predicted octanol–water partition coefficient (Wildman–Crippen LogP) is 5.12. The Labute approximate surface area is 176 Å². The van der Waals surface area contributed by atoms with Crippen molar-refractivity contribution in [1.29, 1.82) is 0 Å². The second-order valence-electron chi connectivity index (χ2n) is 6.86. The molecule has 0 aliphatic carbocycles. The molecule has 0 aliphatic heterocycles. The molecule has 1 aromatic heterocycles. The molecule has 0 fully saturated rings. The summed E-state index contributed by atoms with van der Waals surface area (Å²) in [5, 5.41) is 7.22. The number of ketones is 1. The van der Waals surface area contributed by atoms with Gasteiger partial charge in [-0.05, 0) is 31.2 Å². The maximum Gasteiger partial charge on any atom is 0.295 e. The van der Waals surface area contributed by atoms with Gasteiger partial charge in [-0.25, -0.2) is 8.78 Å². The Morgan fingerprint density at radius 2 is 1.48 bits per heavy atom. The van der Waals surface area contributed by atoms with Gasteiger partial charge in [0.25, 0.3) is 5.56 Å². The number of hydrogen-bond donors (Lipinski definition) is 1. The number of nitrogens with zero attached hydrogens (tertiary/aromatic N) is 2. The van der Waals surface area contributed by atoms with Gasteiger partial charge in [-0.3, -0.25) is 9.59 Å². The van der Waals surface area contributed by atoms with E-state index in [1.54, 1.807) is 54.6 Å². The zero-order valence-electron chi connectivity index (χ0n) is 16.5. The fraction of sp³-hybridized carbons (Fsp3) is 0.0417. The molecule has 0 aliphatic rings. The lowest BCUT2D eigenvalue weighted by Gasteiger charge is -2.17. The van der Waals surface area contributed by atoms with Crippen LogP contribution in [0.2, 0.25) is 0 Å². The fourth-order valence-corrected chi connectivity index (χ4v) is 3.30. The lowest BCUT2D eigenvalue weighted by molar-refractivity contribution is 0.101. The Morgan fingerprint density at radius 3 is 2.06 bits per heavy atom. The lowest BCUT2D eigenvalue weighted by Crippen LogP contribution is -2.27. The molecule has 0 saturated carbocycles. The van der Waals surface area contributed by atoms with E-state index >= 15 is 0 Å². The predicted molar refractivity (Wildman–Crippen MR) is 115 cm³/mol. The van der Waals surface area contributed by atoms with Crippen molar-refractivity contribution in [3.05, 3.63) is 106 Å². The minimum atomic E-state index is -0.812. The smallest absolute Gasteiger partial charge is 0.295 e. The molecule has 154 valence electrons. The van der Waals surface area contributed by atoms with Crippen molar-refractivity contribution in [2.75, 3.05) is 5.32 Å². The van der Waals surface area contributed by atoms with Crippen LogP contribution in [-0.2, 0) is 0 Å². The number of carbonyl (C=O) groups is 1. The van der Waals surface area contributed by atoms with Crippen LogP contribution in [-0.4, -0.2) is 15.6 Å². The summed E-state index contributed by atoms with van der Waals surface area (Å²) in [6.07, 6.45) is 0. The van der Waals surface area contributed by atoms with Gasteiger partial charge in [0, 0.05) is 17.3 Å². The number of nitrogens with one attached hydrogen (secondary N) is 1. The standard InChI is InChI=1S/C24H17F2N3O2/c1-15(30)21-22(16-8-4-2-5-9-16)28-29(20-10-6-3-7-11-20)24(31)23(21)27-19-13-17(25)12-18(26)14-19/h2-14,27H,1H3. The van der Waals surface area contributed by atoms with Gasteiger partial charge in [0.15, 0.2) is 5.78 Å². The third-order valence-corrected chi connectivity index (χ3v) is 4.62. The number of anilines is 2. The van der Waals surface area contributed by atoms with E-state index in [4.69, 9.17) is 0 Å². The third kappa shape index (κ3) is 4.11. The molecule has 1 N–H and O–H groups in total. The first-order valence-electron chi connectivity index (χ1n) is 9.46. The maximum atomic E-state index is 13.7. The average Bonchev–Trinajstić information content (AvgIpc) is 2.75. The number of aromatic nitrogens is 2. The maximum absolute atomic E-state index is 13.7. The van der Waals surface area contributed by atoms with Crippen molar-refractivity contribution in [2.45, 2.75) is 6.92 Å². The van der Waals surface area contributed by atoms with Gasteiger partial charge in [-0.1, -0.05) is 48.5 Å². The molecule has 4 rings (SSSR count). The summed E-state index contributed by atoms with van der Waals surface area (Å²) in [6.45, 7) is 1.31. The van der Waals surface area contributed by atoms with Crippen molar-refractivity contribution < 1.29 is 13.6 Å². The molecule has 0 atom stereocenters. The van der Waals surface area contributed by atoms with E-state index in [0.717, 1.165) is 22.9 Å². The summed E-state index contributed by atoms with van der Waals surface area (Å²) < 4.78 is 28.6. The van der Waals surface area contributed by atoms with Crippen LogP contribution in [0.25, 0.3) is 16.9 Å². The average molecular weight is 417 g/mol. The highest BCUT2D eigenvalue weighted by Gasteiger charge is 2.23. The van der Waals surface area contributed by atoms with E-state index in [0.29, 0.717) is 11.3 Å². The number of hydrogen-bond acceptors (Lipinski definition) is 4. The van der Waals surface area contributed by atoms with Gasteiger partial charge in [0.05, 0.1) is 11.3 Å². The molecule has 0 radical (unpaired) electrons. The van der Waals surface area contributed by atoms with E-state index in [1.807, 2.05) is 6.07 Å². The van der Waals surface area contributed by atoms with Crippen LogP contribution in [0.5, 0.6) is 0 Å². The van der Waals surface area contributed by atoms with Crippen LogP contribution in [0.4, 0.5) is 20.2 Å². The van der Waals surface area contributed by atoms with Gasteiger partial charge in [-0.15, -0.1) is 0 Å². The molecule has 3 aromatic carbocycles. The minimum absolute atomic E-state index is 0.00178. The summed E-state index contributed by atoms with van der Waals surface area (Å²) in [7, 11) is 0. The molecular formula is C24H17F2N3O2. The third-order valence-electron chi connectivity index (χ3n) is 4.62. The zero-order valence-corrected chi connectivity index (χ0v) is 16.5.